The molecule has 1 heterocycles. The molecule has 0 fully saturated rings. The molecule has 2 aromatic rings. The van der Waals surface area contributed by atoms with E-state index in [9.17, 15) is 8.42 Å². The van der Waals surface area contributed by atoms with Gasteiger partial charge in [0.2, 0.25) is 0 Å². The molecule has 0 aliphatic rings. The van der Waals surface area contributed by atoms with E-state index in [0.29, 0.717) is 11.4 Å². The van der Waals surface area contributed by atoms with E-state index >= 15 is 0 Å². The summed E-state index contributed by atoms with van der Waals surface area (Å²) in [6.07, 6.45) is 2.56. The van der Waals surface area contributed by atoms with E-state index in [1.807, 2.05) is 0 Å². The number of anilines is 1. The van der Waals surface area contributed by atoms with Crippen molar-refractivity contribution in [3.8, 4) is 5.75 Å². The van der Waals surface area contributed by atoms with Crippen LogP contribution >= 0.6 is 0 Å². The highest BCUT2D eigenvalue weighted by Gasteiger charge is 2.05. The summed E-state index contributed by atoms with van der Waals surface area (Å²) in [6.45, 7) is 0.499. The number of pyridine rings is 1. The van der Waals surface area contributed by atoms with Gasteiger partial charge in [0.25, 0.3) is 0 Å². The van der Waals surface area contributed by atoms with E-state index in [2.05, 4.69) is 10.3 Å². The standard InChI is InChI=1S/C13H14N2O3S/c1-19(17,18)13-6-3-10(4-7-13)14-8-11-2-5-12(16)9-15-11/h2-7,9,14,16H,8H2,1H3. The molecule has 100 valence electrons. The summed E-state index contributed by atoms with van der Waals surface area (Å²) in [6, 6.07) is 9.81. The van der Waals surface area contributed by atoms with Crippen molar-refractivity contribution < 1.29 is 13.5 Å². The summed E-state index contributed by atoms with van der Waals surface area (Å²) >= 11 is 0. The molecular weight excluding hydrogens is 264 g/mol. The fraction of sp³-hybridized carbons (Fsp3) is 0.154. The molecule has 2 N–H and O–H groups in total. The molecular formula is C13H14N2O3S. The number of nitrogens with zero attached hydrogens (tertiary/aromatic N) is 1. The van der Waals surface area contributed by atoms with E-state index in [4.69, 9.17) is 5.11 Å². The lowest BCUT2D eigenvalue weighted by Crippen LogP contribution is -2.02. The molecule has 0 radical (unpaired) electrons. The van der Waals surface area contributed by atoms with Crippen molar-refractivity contribution in [3.63, 3.8) is 0 Å². The van der Waals surface area contributed by atoms with Crippen LogP contribution in [0.1, 0.15) is 5.69 Å². The molecule has 0 saturated heterocycles. The first-order valence-electron chi connectivity index (χ1n) is 5.63. The molecule has 1 aromatic heterocycles. The lowest BCUT2D eigenvalue weighted by atomic mass is 10.3. The van der Waals surface area contributed by atoms with Gasteiger partial charge in [-0.2, -0.15) is 0 Å². The van der Waals surface area contributed by atoms with Gasteiger partial charge in [-0.1, -0.05) is 0 Å². The second-order valence-electron chi connectivity index (χ2n) is 4.16. The zero-order chi connectivity index (χ0) is 13.9. The van der Waals surface area contributed by atoms with Crippen LogP contribution in [-0.4, -0.2) is 24.8 Å². The number of hydrogen-bond acceptors (Lipinski definition) is 5. The van der Waals surface area contributed by atoms with Gasteiger partial charge in [-0.25, -0.2) is 8.42 Å². The highest BCUT2D eigenvalue weighted by molar-refractivity contribution is 7.90. The Bertz CT molecular complexity index is 649. The second kappa shape index (κ2) is 5.27. The maximum Gasteiger partial charge on any atom is 0.175 e. The van der Waals surface area contributed by atoms with E-state index in [-0.39, 0.29) is 5.75 Å². The molecule has 0 bridgehead atoms. The molecule has 0 saturated carbocycles. The third kappa shape index (κ3) is 3.69. The number of aromatic nitrogens is 1. The number of benzene rings is 1. The monoisotopic (exact) mass is 278 g/mol. The number of rotatable bonds is 4. The van der Waals surface area contributed by atoms with Crippen molar-refractivity contribution >= 4 is 15.5 Å². The zero-order valence-electron chi connectivity index (χ0n) is 10.4. The van der Waals surface area contributed by atoms with Crippen molar-refractivity contribution in [2.75, 3.05) is 11.6 Å². The molecule has 6 heteroatoms. The van der Waals surface area contributed by atoms with Gasteiger partial charge in [-0.3, -0.25) is 4.98 Å². The average molecular weight is 278 g/mol. The third-order valence-corrected chi connectivity index (χ3v) is 3.69. The van der Waals surface area contributed by atoms with E-state index in [1.165, 1.54) is 12.5 Å². The molecule has 0 aliphatic carbocycles. The van der Waals surface area contributed by atoms with Crippen LogP contribution in [0.2, 0.25) is 0 Å². The second-order valence-corrected chi connectivity index (χ2v) is 6.17. The van der Waals surface area contributed by atoms with Crippen LogP contribution in [0.5, 0.6) is 5.75 Å². The Morgan fingerprint density at radius 3 is 2.37 bits per heavy atom. The Morgan fingerprint density at radius 1 is 1.16 bits per heavy atom. The predicted molar refractivity (Wildman–Crippen MR) is 72.8 cm³/mol. The molecule has 0 aliphatic heterocycles. The fourth-order valence-corrected chi connectivity index (χ4v) is 2.16. The van der Waals surface area contributed by atoms with Crippen LogP contribution in [0.4, 0.5) is 5.69 Å². The van der Waals surface area contributed by atoms with Crippen molar-refractivity contribution in [3.05, 3.63) is 48.3 Å². The maximum absolute atomic E-state index is 11.3. The first kappa shape index (κ1) is 13.4. The van der Waals surface area contributed by atoms with Crippen LogP contribution in [0.15, 0.2) is 47.5 Å². The van der Waals surface area contributed by atoms with Crippen LogP contribution in [0.25, 0.3) is 0 Å². The third-order valence-electron chi connectivity index (χ3n) is 2.57. The van der Waals surface area contributed by atoms with Gasteiger partial charge in [-0.05, 0) is 36.4 Å². The number of aromatic hydroxyl groups is 1. The van der Waals surface area contributed by atoms with Crippen LogP contribution in [-0.2, 0) is 16.4 Å². The summed E-state index contributed by atoms with van der Waals surface area (Å²) in [7, 11) is -3.16. The van der Waals surface area contributed by atoms with Gasteiger partial charge in [0, 0.05) is 11.9 Å². The predicted octanol–water partition coefficient (Wildman–Crippen LogP) is 1.80. The quantitative estimate of drug-likeness (QED) is 0.891. The van der Waals surface area contributed by atoms with Crippen LogP contribution in [0, 0.1) is 0 Å². The maximum atomic E-state index is 11.3. The van der Waals surface area contributed by atoms with E-state index < -0.39 is 9.84 Å². The Kier molecular flexibility index (Phi) is 3.71. The van der Waals surface area contributed by atoms with Gasteiger partial charge in [-0.15, -0.1) is 0 Å². The Hall–Kier alpha value is -2.08. The largest absolute Gasteiger partial charge is 0.506 e. The van der Waals surface area contributed by atoms with Crippen LogP contribution < -0.4 is 5.32 Å². The van der Waals surface area contributed by atoms with Gasteiger partial charge in [0.1, 0.15) is 5.75 Å². The van der Waals surface area contributed by atoms with E-state index in [1.54, 1.807) is 36.4 Å². The summed E-state index contributed by atoms with van der Waals surface area (Å²) < 4.78 is 22.6. The summed E-state index contributed by atoms with van der Waals surface area (Å²) in [5, 5.41) is 12.2. The zero-order valence-corrected chi connectivity index (χ0v) is 11.2. The first-order chi connectivity index (χ1) is 8.95. The molecule has 19 heavy (non-hydrogen) atoms. The number of hydrogen-bond donors (Lipinski definition) is 2. The number of nitrogens with one attached hydrogen (secondary N) is 1. The topological polar surface area (TPSA) is 79.3 Å². The molecule has 2 rings (SSSR count). The van der Waals surface area contributed by atoms with E-state index in [0.717, 1.165) is 11.4 Å². The first-order valence-corrected chi connectivity index (χ1v) is 7.52. The summed E-state index contributed by atoms with van der Waals surface area (Å²) in [5.74, 6) is 0.126. The number of sulfone groups is 1. The average Bonchev–Trinajstić information content (AvgIpc) is 2.37. The molecule has 0 spiro atoms. The molecule has 5 nitrogen and oxygen atoms in total. The lowest BCUT2D eigenvalue weighted by molar-refractivity contribution is 0.472. The van der Waals surface area contributed by atoms with Crippen molar-refractivity contribution in [2.45, 2.75) is 11.4 Å². The SMILES string of the molecule is CS(=O)(=O)c1ccc(NCc2ccc(O)cn2)cc1. The molecule has 1 aromatic carbocycles. The van der Waals surface area contributed by atoms with Gasteiger partial charge < -0.3 is 10.4 Å². The highest BCUT2D eigenvalue weighted by Crippen LogP contribution is 2.15. The van der Waals surface area contributed by atoms with Crippen LogP contribution in [0.3, 0.4) is 0 Å². The molecule has 0 amide bonds. The smallest absolute Gasteiger partial charge is 0.175 e. The lowest BCUT2D eigenvalue weighted by Gasteiger charge is -2.06. The summed E-state index contributed by atoms with van der Waals surface area (Å²) in [5.41, 5.74) is 1.59. The fourth-order valence-electron chi connectivity index (χ4n) is 1.53. The minimum Gasteiger partial charge on any atom is -0.506 e. The normalized spacial score (nSPS) is 11.2. The Balaban J connectivity index is 2.02. The van der Waals surface area contributed by atoms with Gasteiger partial charge in [0.05, 0.1) is 23.3 Å². The Morgan fingerprint density at radius 2 is 1.84 bits per heavy atom. The van der Waals surface area contributed by atoms with Gasteiger partial charge in [0.15, 0.2) is 9.84 Å². The highest BCUT2D eigenvalue weighted by atomic mass is 32.2. The Labute approximate surface area is 111 Å². The summed E-state index contributed by atoms with van der Waals surface area (Å²) in [4.78, 5) is 4.33. The minimum atomic E-state index is -3.16. The van der Waals surface area contributed by atoms with Crippen molar-refractivity contribution in [2.24, 2.45) is 0 Å². The molecule has 0 atom stereocenters. The minimum absolute atomic E-state index is 0.126. The van der Waals surface area contributed by atoms with Crippen molar-refractivity contribution in [1.29, 1.82) is 0 Å². The molecule has 0 unspecified atom stereocenters. The van der Waals surface area contributed by atoms with Crippen molar-refractivity contribution in [1.82, 2.24) is 4.98 Å². The van der Waals surface area contributed by atoms with Gasteiger partial charge >= 0.3 is 0 Å².